The van der Waals surface area contributed by atoms with Crippen LogP contribution in [0, 0.1) is 34.6 Å². The van der Waals surface area contributed by atoms with Crippen LogP contribution in [0.4, 0.5) is 0 Å². The predicted octanol–water partition coefficient (Wildman–Crippen LogP) is 3.54. The normalized spacial score (nSPS) is 14.0. The highest BCUT2D eigenvalue weighted by Gasteiger charge is 2.25. The molecule has 0 bridgehead atoms. The lowest BCUT2D eigenvalue weighted by molar-refractivity contribution is -0.134. The molecule has 4 rings (SSSR count). The van der Waals surface area contributed by atoms with Gasteiger partial charge in [0.05, 0.1) is 22.4 Å². The summed E-state index contributed by atoms with van der Waals surface area (Å²) in [5.41, 5.74) is 7.06. The van der Waals surface area contributed by atoms with Crippen LogP contribution in [0.15, 0.2) is 30.3 Å². The fourth-order valence-electron chi connectivity index (χ4n) is 4.08. The van der Waals surface area contributed by atoms with Crippen molar-refractivity contribution in [3.8, 4) is 5.75 Å². The van der Waals surface area contributed by atoms with Crippen LogP contribution >= 0.6 is 0 Å². The first kappa shape index (κ1) is 22.7. The van der Waals surface area contributed by atoms with Crippen LogP contribution in [0.5, 0.6) is 5.75 Å². The summed E-state index contributed by atoms with van der Waals surface area (Å²) in [6.45, 7) is 11.8. The average Bonchev–Trinajstić information content (AvgIpc) is 2.81. The molecule has 0 aliphatic carbocycles. The molecule has 0 radical (unpaired) electrons. The van der Waals surface area contributed by atoms with Crippen molar-refractivity contribution in [2.75, 3.05) is 32.8 Å². The lowest BCUT2D eigenvalue weighted by atomic mass is 10.1. The molecule has 1 aliphatic rings. The van der Waals surface area contributed by atoms with E-state index in [4.69, 9.17) is 4.74 Å². The van der Waals surface area contributed by atoms with Gasteiger partial charge in [-0.3, -0.25) is 9.59 Å². The number of ether oxygens (including phenoxy) is 1. The van der Waals surface area contributed by atoms with Crippen molar-refractivity contribution in [2.45, 2.75) is 34.6 Å². The van der Waals surface area contributed by atoms with Gasteiger partial charge in [-0.25, -0.2) is 9.97 Å². The second kappa shape index (κ2) is 9.17. The van der Waals surface area contributed by atoms with E-state index in [1.54, 1.807) is 21.9 Å². The lowest BCUT2D eigenvalue weighted by Crippen LogP contribution is -2.51. The maximum atomic E-state index is 13.0. The van der Waals surface area contributed by atoms with E-state index in [1.807, 2.05) is 46.8 Å². The zero-order chi connectivity index (χ0) is 23.7. The van der Waals surface area contributed by atoms with Crippen LogP contribution in [0.2, 0.25) is 0 Å². The summed E-state index contributed by atoms with van der Waals surface area (Å²) in [4.78, 5) is 38.4. The van der Waals surface area contributed by atoms with Crippen LogP contribution in [0.3, 0.4) is 0 Å². The minimum absolute atomic E-state index is 0.00118. The average molecular weight is 447 g/mol. The first-order valence-electron chi connectivity index (χ1n) is 11.3. The molecule has 0 unspecified atom stereocenters. The molecular weight excluding hydrogens is 416 g/mol. The number of nitrogens with zero attached hydrogens (tertiary/aromatic N) is 4. The third-order valence-corrected chi connectivity index (χ3v) is 6.46. The second-order valence-electron chi connectivity index (χ2n) is 8.71. The Morgan fingerprint density at radius 2 is 1.42 bits per heavy atom. The highest BCUT2D eigenvalue weighted by Crippen LogP contribution is 2.25. The Labute approximate surface area is 194 Å². The van der Waals surface area contributed by atoms with E-state index in [-0.39, 0.29) is 18.4 Å². The van der Waals surface area contributed by atoms with Gasteiger partial charge in [0.15, 0.2) is 6.61 Å². The summed E-state index contributed by atoms with van der Waals surface area (Å²) in [5, 5.41) is 0. The Bertz CT molecular complexity index is 1230. The number of carbonyl (C=O) groups is 2. The number of aryl methyl sites for hydroxylation is 4. The van der Waals surface area contributed by atoms with E-state index >= 15 is 0 Å². The zero-order valence-corrected chi connectivity index (χ0v) is 19.9. The maximum Gasteiger partial charge on any atom is 0.260 e. The van der Waals surface area contributed by atoms with Gasteiger partial charge in [0, 0.05) is 31.7 Å². The van der Waals surface area contributed by atoms with Crippen molar-refractivity contribution in [2.24, 2.45) is 0 Å². The first-order chi connectivity index (χ1) is 15.7. The molecule has 0 N–H and O–H groups in total. The smallest absolute Gasteiger partial charge is 0.260 e. The summed E-state index contributed by atoms with van der Waals surface area (Å²) in [6.07, 6.45) is 0. The van der Waals surface area contributed by atoms with Crippen molar-refractivity contribution in [3.05, 3.63) is 64.0 Å². The quantitative estimate of drug-likeness (QED) is 0.613. The third kappa shape index (κ3) is 4.67. The van der Waals surface area contributed by atoms with E-state index in [2.05, 4.69) is 16.0 Å². The van der Waals surface area contributed by atoms with Gasteiger partial charge >= 0.3 is 0 Å². The Hall–Kier alpha value is -3.48. The largest absolute Gasteiger partial charge is 0.483 e. The van der Waals surface area contributed by atoms with E-state index in [0.29, 0.717) is 31.7 Å². The third-order valence-electron chi connectivity index (χ3n) is 6.46. The van der Waals surface area contributed by atoms with E-state index in [9.17, 15) is 9.59 Å². The predicted molar refractivity (Wildman–Crippen MR) is 128 cm³/mol. The number of hydrogen-bond donors (Lipinski definition) is 0. The molecule has 1 aromatic heterocycles. The van der Waals surface area contributed by atoms with Gasteiger partial charge in [-0.05, 0) is 69.5 Å². The number of amides is 2. The highest BCUT2D eigenvalue weighted by atomic mass is 16.5. The van der Waals surface area contributed by atoms with Gasteiger partial charge in [0.2, 0.25) is 0 Å². The molecule has 0 atom stereocenters. The molecule has 1 fully saturated rings. The number of benzene rings is 2. The highest BCUT2D eigenvalue weighted by molar-refractivity contribution is 5.97. The van der Waals surface area contributed by atoms with Gasteiger partial charge in [-0.2, -0.15) is 0 Å². The number of hydrogen-bond acceptors (Lipinski definition) is 5. The second-order valence-corrected chi connectivity index (χ2v) is 8.71. The fourth-order valence-corrected chi connectivity index (χ4v) is 4.08. The van der Waals surface area contributed by atoms with Crippen LogP contribution in [0.1, 0.15) is 38.4 Å². The molecule has 2 aromatic carbocycles. The van der Waals surface area contributed by atoms with Crippen LogP contribution in [-0.2, 0) is 4.79 Å². The van der Waals surface area contributed by atoms with Crippen LogP contribution in [0.25, 0.3) is 11.0 Å². The molecule has 7 nitrogen and oxygen atoms in total. The Morgan fingerprint density at radius 3 is 2.12 bits per heavy atom. The molecule has 1 aliphatic heterocycles. The summed E-state index contributed by atoms with van der Waals surface area (Å²) >= 11 is 0. The SMILES string of the molecule is Cc1ccc(C)c(OCC(=O)N2CCN(C(=O)c3ccc4nc(C)c(C)nc4c3)CC2)c1C. The Balaban J connectivity index is 1.36. The molecule has 0 saturated carbocycles. The van der Waals surface area contributed by atoms with Crippen LogP contribution in [-0.4, -0.2) is 64.4 Å². The summed E-state index contributed by atoms with van der Waals surface area (Å²) in [5.74, 6) is 0.669. The standard InChI is InChI=1S/C26H30N4O3/c1-16-6-7-17(2)25(18(16)3)33-15-24(31)29-10-12-30(13-11-29)26(32)21-8-9-22-23(14-21)28-20(5)19(4)27-22/h6-9,14H,10-13,15H2,1-5H3. The molecule has 2 heterocycles. The molecular formula is C26H30N4O3. The minimum atomic E-state index is -0.0609. The van der Waals surface area contributed by atoms with E-state index in [0.717, 1.165) is 44.9 Å². The maximum absolute atomic E-state index is 13.0. The van der Waals surface area contributed by atoms with Crippen molar-refractivity contribution in [1.82, 2.24) is 19.8 Å². The van der Waals surface area contributed by atoms with Gasteiger partial charge in [0.1, 0.15) is 5.75 Å². The molecule has 3 aromatic rings. The molecule has 0 spiro atoms. The van der Waals surface area contributed by atoms with E-state index < -0.39 is 0 Å². The number of fused-ring (bicyclic) bond motifs is 1. The Kier molecular flexibility index (Phi) is 6.31. The molecule has 33 heavy (non-hydrogen) atoms. The first-order valence-corrected chi connectivity index (χ1v) is 11.3. The fraction of sp³-hybridized carbons (Fsp3) is 0.385. The lowest BCUT2D eigenvalue weighted by Gasteiger charge is -2.34. The number of carbonyl (C=O) groups excluding carboxylic acids is 2. The van der Waals surface area contributed by atoms with Gasteiger partial charge in [-0.1, -0.05) is 12.1 Å². The van der Waals surface area contributed by atoms with Gasteiger partial charge in [0.25, 0.3) is 11.8 Å². The Morgan fingerprint density at radius 1 is 0.818 bits per heavy atom. The van der Waals surface area contributed by atoms with Gasteiger partial charge in [-0.15, -0.1) is 0 Å². The van der Waals surface area contributed by atoms with Crippen molar-refractivity contribution in [1.29, 1.82) is 0 Å². The summed E-state index contributed by atoms with van der Waals surface area (Å²) < 4.78 is 5.88. The topological polar surface area (TPSA) is 75.6 Å². The van der Waals surface area contributed by atoms with Crippen molar-refractivity contribution < 1.29 is 14.3 Å². The molecule has 7 heteroatoms. The van der Waals surface area contributed by atoms with Gasteiger partial charge < -0.3 is 14.5 Å². The minimum Gasteiger partial charge on any atom is -0.483 e. The monoisotopic (exact) mass is 446 g/mol. The van der Waals surface area contributed by atoms with Crippen molar-refractivity contribution in [3.63, 3.8) is 0 Å². The van der Waals surface area contributed by atoms with Crippen LogP contribution < -0.4 is 4.74 Å². The molecule has 172 valence electrons. The molecule has 1 saturated heterocycles. The number of rotatable bonds is 4. The summed E-state index contributed by atoms with van der Waals surface area (Å²) in [6, 6.07) is 9.50. The molecule has 2 amide bonds. The summed E-state index contributed by atoms with van der Waals surface area (Å²) in [7, 11) is 0. The van der Waals surface area contributed by atoms with Crippen molar-refractivity contribution >= 4 is 22.8 Å². The number of aromatic nitrogens is 2. The zero-order valence-electron chi connectivity index (χ0n) is 19.9. The number of piperazine rings is 1. The van der Waals surface area contributed by atoms with E-state index in [1.165, 1.54) is 0 Å².